The lowest BCUT2D eigenvalue weighted by atomic mass is 10.3. The SMILES string of the molecule is CC/C=C1/C=C(C)C(=O)N1C. The third-order valence-electron chi connectivity index (χ3n) is 1.81. The van der Waals surface area contributed by atoms with Crippen molar-refractivity contribution in [2.45, 2.75) is 20.3 Å². The summed E-state index contributed by atoms with van der Waals surface area (Å²) in [5, 5.41) is 0. The summed E-state index contributed by atoms with van der Waals surface area (Å²) in [6, 6.07) is 0. The second-order valence-corrected chi connectivity index (χ2v) is 2.73. The number of carbonyl (C=O) groups is 1. The molecule has 2 nitrogen and oxygen atoms in total. The number of nitrogens with zero attached hydrogens (tertiary/aromatic N) is 1. The van der Waals surface area contributed by atoms with Crippen LogP contribution >= 0.6 is 0 Å². The fourth-order valence-corrected chi connectivity index (χ4v) is 1.17. The van der Waals surface area contributed by atoms with Gasteiger partial charge in [0.25, 0.3) is 5.91 Å². The summed E-state index contributed by atoms with van der Waals surface area (Å²) in [7, 11) is 1.80. The van der Waals surface area contributed by atoms with E-state index in [0.717, 1.165) is 17.7 Å². The molecule has 1 heterocycles. The molecular weight excluding hydrogens is 138 g/mol. The van der Waals surface area contributed by atoms with Crippen molar-refractivity contribution < 1.29 is 4.79 Å². The van der Waals surface area contributed by atoms with Crippen LogP contribution in [0.5, 0.6) is 0 Å². The maximum absolute atomic E-state index is 11.2. The van der Waals surface area contributed by atoms with Gasteiger partial charge in [-0.25, -0.2) is 0 Å². The van der Waals surface area contributed by atoms with Gasteiger partial charge in [-0.1, -0.05) is 13.0 Å². The second-order valence-electron chi connectivity index (χ2n) is 2.73. The van der Waals surface area contributed by atoms with E-state index < -0.39 is 0 Å². The molecule has 0 atom stereocenters. The zero-order valence-corrected chi connectivity index (χ0v) is 7.22. The molecule has 0 aromatic heterocycles. The van der Waals surface area contributed by atoms with Gasteiger partial charge in [0.05, 0.1) is 0 Å². The van der Waals surface area contributed by atoms with Crippen molar-refractivity contribution in [1.82, 2.24) is 4.90 Å². The minimum atomic E-state index is 0.115. The van der Waals surface area contributed by atoms with Gasteiger partial charge in [0.1, 0.15) is 0 Å². The van der Waals surface area contributed by atoms with Gasteiger partial charge in [0.15, 0.2) is 0 Å². The molecular formula is C9H13NO. The van der Waals surface area contributed by atoms with E-state index >= 15 is 0 Å². The first kappa shape index (κ1) is 8.05. The maximum Gasteiger partial charge on any atom is 0.253 e. The van der Waals surface area contributed by atoms with Crippen LogP contribution in [-0.4, -0.2) is 17.9 Å². The van der Waals surface area contributed by atoms with Crippen LogP contribution in [-0.2, 0) is 4.79 Å². The monoisotopic (exact) mass is 151 g/mol. The van der Waals surface area contributed by atoms with Gasteiger partial charge in [0.2, 0.25) is 0 Å². The molecule has 60 valence electrons. The van der Waals surface area contributed by atoms with Crippen LogP contribution in [0.15, 0.2) is 23.4 Å². The lowest BCUT2D eigenvalue weighted by molar-refractivity contribution is -0.123. The normalized spacial score (nSPS) is 21.4. The number of hydrogen-bond acceptors (Lipinski definition) is 1. The predicted molar refractivity (Wildman–Crippen MR) is 44.9 cm³/mol. The number of carbonyl (C=O) groups excluding carboxylic acids is 1. The first-order valence-corrected chi connectivity index (χ1v) is 3.83. The number of likely N-dealkylation sites (N-methyl/N-ethyl adjacent to an activating group) is 1. The highest BCUT2D eigenvalue weighted by molar-refractivity contribution is 5.97. The molecule has 0 bridgehead atoms. The van der Waals surface area contributed by atoms with Gasteiger partial charge in [0, 0.05) is 18.3 Å². The summed E-state index contributed by atoms with van der Waals surface area (Å²) in [5.41, 5.74) is 1.85. The molecule has 0 aromatic carbocycles. The molecule has 1 aliphatic rings. The standard InChI is InChI=1S/C9H13NO/c1-4-5-8-6-7(2)9(11)10(8)3/h5-6H,4H2,1-3H3/b8-5-. The lowest BCUT2D eigenvalue weighted by Gasteiger charge is -2.10. The minimum Gasteiger partial charge on any atom is -0.312 e. The van der Waals surface area contributed by atoms with E-state index in [1.807, 2.05) is 13.0 Å². The molecule has 1 aliphatic heterocycles. The van der Waals surface area contributed by atoms with Crippen molar-refractivity contribution in [3.63, 3.8) is 0 Å². The minimum absolute atomic E-state index is 0.115. The van der Waals surface area contributed by atoms with E-state index in [-0.39, 0.29) is 5.91 Å². The third kappa shape index (κ3) is 1.34. The van der Waals surface area contributed by atoms with Crippen LogP contribution in [0.1, 0.15) is 20.3 Å². The molecule has 0 saturated carbocycles. The van der Waals surface area contributed by atoms with E-state index in [1.54, 1.807) is 11.9 Å². The zero-order chi connectivity index (χ0) is 8.43. The van der Waals surface area contributed by atoms with Gasteiger partial charge >= 0.3 is 0 Å². The van der Waals surface area contributed by atoms with Crippen molar-refractivity contribution in [2.24, 2.45) is 0 Å². The Morgan fingerprint density at radius 3 is 2.64 bits per heavy atom. The molecule has 0 unspecified atom stereocenters. The first-order valence-electron chi connectivity index (χ1n) is 3.83. The lowest BCUT2D eigenvalue weighted by Crippen LogP contribution is -2.19. The Morgan fingerprint density at radius 2 is 2.27 bits per heavy atom. The highest BCUT2D eigenvalue weighted by atomic mass is 16.2. The topological polar surface area (TPSA) is 20.3 Å². The summed E-state index contributed by atoms with van der Waals surface area (Å²) in [6.45, 7) is 3.90. The first-order chi connectivity index (χ1) is 5.16. The molecule has 0 N–H and O–H groups in total. The molecule has 1 amide bonds. The molecule has 0 aromatic rings. The molecule has 0 saturated heterocycles. The Hall–Kier alpha value is -1.05. The summed E-state index contributed by atoms with van der Waals surface area (Å²) < 4.78 is 0. The van der Waals surface area contributed by atoms with Crippen LogP contribution in [0.3, 0.4) is 0 Å². The quantitative estimate of drug-likeness (QED) is 0.558. The van der Waals surface area contributed by atoms with Crippen LogP contribution in [0, 0.1) is 0 Å². The van der Waals surface area contributed by atoms with Crippen molar-refractivity contribution in [3.05, 3.63) is 23.4 Å². The number of rotatable bonds is 1. The van der Waals surface area contributed by atoms with Crippen molar-refractivity contribution >= 4 is 5.91 Å². The number of hydrogen-bond donors (Lipinski definition) is 0. The van der Waals surface area contributed by atoms with E-state index in [9.17, 15) is 4.79 Å². The van der Waals surface area contributed by atoms with E-state index in [4.69, 9.17) is 0 Å². The molecule has 0 spiro atoms. The Kier molecular flexibility index (Phi) is 2.13. The van der Waals surface area contributed by atoms with Gasteiger partial charge in [-0.2, -0.15) is 0 Å². The zero-order valence-electron chi connectivity index (χ0n) is 7.22. The Labute approximate surface area is 67.2 Å². The van der Waals surface area contributed by atoms with E-state index in [2.05, 4.69) is 13.0 Å². The fraction of sp³-hybridized carbons (Fsp3) is 0.444. The van der Waals surface area contributed by atoms with Gasteiger partial charge in [-0.05, 0) is 19.4 Å². The van der Waals surface area contributed by atoms with Crippen LogP contribution in [0.2, 0.25) is 0 Å². The molecule has 0 fully saturated rings. The van der Waals surface area contributed by atoms with Crippen LogP contribution in [0.25, 0.3) is 0 Å². The summed E-state index contributed by atoms with van der Waals surface area (Å²) >= 11 is 0. The maximum atomic E-state index is 11.2. The third-order valence-corrected chi connectivity index (χ3v) is 1.81. The van der Waals surface area contributed by atoms with E-state index in [0.29, 0.717) is 0 Å². The predicted octanol–water partition coefficient (Wildman–Crippen LogP) is 1.70. The number of amides is 1. The average molecular weight is 151 g/mol. The van der Waals surface area contributed by atoms with Gasteiger partial charge < -0.3 is 4.90 Å². The summed E-state index contributed by atoms with van der Waals surface area (Å²) in [4.78, 5) is 12.9. The highest BCUT2D eigenvalue weighted by Crippen LogP contribution is 2.18. The molecule has 2 heteroatoms. The molecule has 1 rings (SSSR count). The summed E-state index contributed by atoms with van der Waals surface area (Å²) in [6.07, 6.45) is 4.94. The van der Waals surface area contributed by atoms with Crippen molar-refractivity contribution in [3.8, 4) is 0 Å². The molecule has 0 radical (unpaired) electrons. The molecule has 0 aliphatic carbocycles. The van der Waals surface area contributed by atoms with Crippen molar-refractivity contribution in [2.75, 3.05) is 7.05 Å². The second kappa shape index (κ2) is 2.91. The smallest absolute Gasteiger partial charge is 0.253 e. The Bertz CT molecular complexity index is 238. The largest absolute Gasteiger partial charge is 0.312 e. The van der Waals surface area contributed by atoms with Crippen LogP contribution in [0.4, 0.5) is 0 Å². The van der Waals surface area contributed by atoms with Crippen molar-refractivity contribution in [1.29, 1.82) is 0 Å². The van der Waals surface area contributed by atoms with Gasteiger partial charge in [-0.15, -0.1) is 0 Å². The Balaban J connectivity index is 2.89. The van der Waals surface area contributed by atoms with E-state index in [1.165, 1.54) is 0 Å². The molecule has 11 heavy (non-hydrogen) atoms. The van der Waals surface area contributed by atoms with Gasteiger partial charge in [-0.3, -0.25) is 4.79 Å². The van der Waals surface area contributed by atoms with Crippen LogP contribution < -0.4 is 0 Å². The highest BCUT2D eigenvalue weighted by Gasteiger charge is 2.20. The summed E-state index contributed by atoms with van der Waals surface area (Å²) in [5.74, 6) is 0.115. The average Bonchev–Trinajstić information content (AvgIpc) is 2.19. The number of allylic oxidation sites excluding steroid dienone is 2. The fourth-order valence-electron chi connectivity index (χ4n) is 1.17. The Morgan fingerprint density at radius 1 is 1.64 bits per heavy atom.